The number of allylic oxidation sites excluding steroid dienone is 2. The second kappa shape index (κ2) is 3.67. The molecular weight excluding hydrogens is 284 g/mol. The molecule has 4 atom stereocenters. The van der Waals surface area contributed by atoms with Gasteiger partial charge in [-0.15, -0.1) is 0 Å². The minimum absolute atomic E-state index is 0.148. The van der Waals surface area contributed by atoms with Gasteiger partial charge in [-0.05, 0) is 18.3 Å². The van der Waals surface area contributed by atoms with Crippen LogP contribution in [-0.2, 0) is 14.4 Å². The van der Waals surface area contributed by atoms with Crippen molar-refractivity contribution >= 4 is 46.0 Å². The first-order chi connectivity index (χ1) is 9.09. The van der Waals surface area contributed by atoms with Crippen molar-refractivity contribution in [3.63, 3.8) is 0 Å². The highest BCUT2D eigenvalue weighted by Crippen LogP contribution is 2.53. The number of hydrogen-bond acceptors (Lipinski definition) is 5. The Morgan fingerprint density at radius 3 is 2.11 bits per heavy atom. The summed E-state index contributed by atoms with van der Waals surface area (Å²) in [7, 11) is 0. The average Bonchev–Trinajstić information content (AvgIpc) is 3.10. The van der Waals surface area contributed by atoms with E-state index < -0.39 is 0 Å². The van der Waals surface area contributed by atoms with Crippen molar-refractivity contribution in [2.75, 3.05) is 5.75 Å². The Hall–Kier alpha value is -1.21. The van der Waals surface area contributed by atoms with Crippen molar-refractivity contribution in [2.45, 2.75) is 6.42 Å². The summed E-state index contributed by atoms with van der Waals surface area (Å²) in [6.45, 7) is 0. The lowest BCUT2D eigenvalue weighted by molar-refractivity contribution is -0.160. The maximum absolute atomic E-state index is 12.5. The maximum atomic E-state index is 12.5. The Balaban J connectivity index is 1.73. The van der Waals surface area contributed by atoms with Gasteiger partial charge in [-0.2, -0.15) is 10.0 Å². The SMILES string of the molecule is O=C1CSC(=S)N1N1C(=O)[C@@H]2[C@H](C1=O)[C@H]1C=C[C@H]2C1. The van der Waals surface area contributed by atoms with E-state index in [-0.39, 0.29) is 47.1 Å². The number of nitrogens with zero attached hydrogens (tertiary/aromatic N) is 2. The van der Waals surface area contributed by atoms with E-state index in [1.807, 2.05) is 12.2 Å². The summed E-state index contributed by atoms with van der Waals surface area (Å²) >= 11 is 6.27. The molecule has 0 aromatic rings. The van der Waals surface area contributed by atoms with E-state index in [2.05, 4.69) is 0 Å². The van der Waals surface area contributed by atoms with Crippen molar-refractivity contribution in [1.29, 1.82) is 0 Å². The number of thioether (sulfide) groups is 1. The standard InChI is InChI=1S/C12H10N2O3S2/c15-7-4-19-12(18)13(7)14-10(16)8-5-1-2-6(3-5)9(8)11(14)17/h1-2,5-6,8-9H,3-4H2/t5-,6-,8-,9+/m0/s1. The topological polar surface area (TPSA) is 57.7 Å². The van der Waals surface area contributed by atoms with Crippen molar-refractivity contribution in [3.05, 3.63) is 12.2 Å². The molecular formula is C12H10N2O3S2. The fourth-order valence-corrected chi connectivity index (χ4v) is 4.66. The third-order valence-corrected chi connectivity index (χ3v) is 5.71. The highest BCUT2D eigenvalue weighted by molar-refractivity contribution is 8.23. The predicted octanol–water partition coefficient (Wildman–Crippen LogP) is 0.569. The number of imide groups is 1. The van der Waals surface area contributed by atoms with E-state index in [4.69, 9.17) is 12.2 Å². The van der Waals surface area contributed by atoms with E-state index in [0.717, 1.165) is 16.4 Å². The quantitative estimate of drug-likeness (QED) is 0.402. The van der Waals surface area contributed by atoms with Crippen LogP contribution >= 0.6 is 24.0 Å². The second-order valence-electron chi connectivity index (χ2n) is 5.25. The summed E-state index contributed by atoms with van der Waals surface area (Å²) in [6, 6.07) is 0. The molecule has 2 aliphatic carbocycles. The van der Waals surface area contributed by atoms with Crippen LogP contribution in [0, 0.1) is 23.7 Å². The maximum Gasteiger partial charge on any atom is 0.258 e. The van der Waals surface area contributed by atoms with Crippen molar-refractivity contribution in [2.24, 2.45) is 23.7 Å². The fourth-order valence-electron chi connectivity index (χ4n) is 3.62. The molecule has 2 aliphatic heterocycles. The number of hydrazine groups is 1. The van der Waals surface area contributed by atoms with Gasteiger partial charge in [0.05, 0.1) is 17.6 Å². The zero-order valence-corrected chi connectivity index (χ0v) is 11.4. The molecule has 5 nitrogen and oxygen atoms in total. The van der Waals surface area contributed by atoms with Crippen LogP contribution < -0.4 is 0 Å². The summed E-state index contributed by atoms with van der Waals surface area (Å²) in [6.07, 6.45) is 4.94. The fraction of sp³-hybridized carbons (Fsp3) is 0.500. The van der Waals surface area contributed by atoms with Gasteiger partial charge in [-0.3, -0.25) is 14.4 Å². The van der Waals surface area contributed by atoms with E-state index in [9.17, 15) is 14.4 Å². The third-order valence-electron chi connectivity index (χ3n) is 4.38. The van der Waals surface area contributed by atoms with Gasteiger partial charge in [0, 0.05) is 0 Å². The number of amides is 3. The molecule has 0 aromatic carbocycles. The first-order valence-electron chi connectivity index (χ1n) is 6.15. The molecule has 4 rings (SSSR count). The van der Waals surface area contributed by atoms with Gasteiger partial charge in [0.1, 0.15) is 0 Å². The molecule has 3 amide bonds. The van der Waals surface area contributed by atoms with Crippen molar-refractivity contribution in [3.8, 4) is 0 Å². The van der Waals surface area contributed by atoms with E-state index >= 15 is 0 Å². The molecule has 0 unspecified atom stereocenters. The molecule has 2 heterocycles. The summed E-state index contributed by atoms with van der Waals surface area (Å²) in [5, 5.41) is 2.11. The summed E-state index contributed by atoms with van der Waals surface area (Å²) in [4.78, 5) is 36.8. The first-order valence-corrected chi connectivity index (χ1v) is 7.54. The Morgan fingerprint density at radius 2 is 1.63 bits per heavy atom. The first kappa shape index (κ1) is 11.6. The normalized spacial score (nSPS) is 40.0. The Labute approximate surface area is 118 Å². The average molecular weight is 294 g/mol. The zero-order chi connectivity index (χ0) is 13.3. The lowest BCUT2D eigenvalue weighted by Gasteiger charge is -2.25. The second-order valence-corrected chi connectivity index (χ2v) is 6.86. The zero-order valence-electron chi connectivity index (χ0n) is 9.81. The highest BCUT2D eigenvalue weighted by atomic mass is 32.2. The predicted molar refractivity (Wildman–Crippen MR) is 71.5 cm³/mol. The molecule has 1 saturated carbocycles. The largest absolute Gasteiger partial charge is 0.272 e. The van der Waals surface area contributed by atoms with Crippen LogP contribution in [0.3, 0.4) is 0 Å². The molecule has 2 bridgehead atoms. The van der Waals surface area contributed by atoms with Crippen LogP contribution in [0.4, 0.5) is 0 Å². The van der Waals surface area contributed by atoms with Gasteiger partial charge in [0.25, 0.3) is 17.7 Å². The van der Waals surface area contributed by atoms with Crippen LogP contribution in [0.1, 0.15) is 6.42 Å². The highest BCUT2D eigenvalue weighted by Gasteiger charge is 2.61. The van der Waals surface area contributed by atoms with Crippen LogP contribution in [0.25, 0.3) is 0 Å². The van der Waals surface area contributed by atoms with Crippen LogP contribution in [-0.4, -0.2) is 37.8 Å². The Kier molecular flexibility index (Phi) is 2.24. The molecule has 98 valence electrons. The molecule has 0 N–H and O–H groups in total. The van der Waals surface area contributed by atoms with Gasteiger partial charge in [0.15, 0.2) is 4.32 Å². The lowest BCUT2D eigenvalue weighted by atomic mass is 9.85. The van der Waals surface area contributed by atoms with Gasteiger partial charge in [0.2, 0.25) is 0 Å². The number of thiocarbonyl (C=S) groups is 1. The van der Waals surface area contributed by atoms with Gasteiger partial charge in [-0.1, -0.05) is 36.1 Å². The number of hydrogen-bond donors (Lipinski definition) is 0. The molecule has 3 fully saturated rings. The molecule has 0 radical (unpaired) electrons. The van der Waals surface area contributed by atoms with Gasteiger partial charge < -0.3 is 0 Å². The summed E-state index contributed by atoms with van der Waals surface area (Å²) < 4.78 is 0.298. The Morgan fingerprint density at radius 1 is 1.05 bits per heavy atom. The third kappa shape index (κ3) is 1.32. The van der Waals surface area contributed by atoms with Crippen molar-refractivity contribution < 1.29 is 14.4 Å². The molecule has 0 spiro atoms. The van der Waals surface area contributed by atoms with Crippen LogP contribution in [0.15, 0.2) is 12.2 Å². The van der Waals surface area contributed by atoms with E-state index in [1.165, 1.54) is 11.8 Å². The molecule has 0 aromatic heterocycles. The number of fused-ring (bicyclic) bond motifs is 5. The summed E-state index contributed by atoms with van der Waals surface area (Å²) in [5.74, 6) is -0.874. The molecule has 7 heteroatoms. The Bertz CT molecular complexity index is 527. The minimum Gasteiger partial charge on any atom is -0.272 e. The minimum atomic E-state index is -0.288. The molecule has 19 heavy (non-hydrogen) atoms. The van der Waals surface area contributed by atoms with E-state index in [0.29, 0.717) is 4.32 Å². The van der Waals surface area contributed by atoms with Crippen LogP contribution in [0.5, 0.6) is 0 Å². The molecule has 2 saturated heterocycles. The number of carbonyl (C=O) groups is 3. The molecule has 4 aliphatic rings. The van der Waals surface area contributed by atoms with Crippen molar-refractivity contribution in [1.82, 2.24) is 10.0 Å². The number of carbonyl (C=O) groups excluding carboxylic acids is 3. The van der Waals surface area contributed by atoms with E-state index in [1.54, 1.807) is 0 Å². The van der Waals surface area contributed by atoms with Gasteiger partial charge in [-0.25, -0.2) is 0 Å². The smallest absolute Gasteiger partial charge is 0.258 e. The summed E-state index contributed by atoms with van der Waals surface area (Å²) in [5.41, 5.74) is 0. The van der Waals surface area contributed by atoms with Crippen LogP contribution in [0.2, 0.25) is 0 Å². The monoisotopic (exact) mass is 294 g/mol. The van der Waals surface area contributed by atoms with Gasteiger partial charge >= 0.3 is 0 Å². The lowest BCUT2D eigenvalue weighted by Crippen LogP contribution is -2.50. The number of rotatable bonds is 1.